The topological polar surface area (TPSA) is 131 Å². The molecule has 0 aliphatic carbocycles. The van der Waals surface area contributed by atoms with Crippen LogP contribution in [0.15, 0.2) is 88.3 Å². The van der Waals surface area contributed by atoms with Gasteiger partial charge in [-0.25, -0.2) is 9.79 Å². The summed E-state index contributed by atoms with van der Waals surface area (Å²) >= 11 is 1.20. The average molecular weight is 616 g/mol. The zero-order chi connectivity index (χ0) is 31.2. The molecule has 44 heavy (non-hydrogen) atoms. The van der Waals surface area contributed by atoms with Crippen LogP contribution >= 0.6 is 11.3 Å². The third-order valence-corrected chi connectivity index (χ3v) is 7.71. The number of fused-ring (bicyclic) bond motifs is 1. The van der Waals surface area contributed by atoms with Crippen LogP contribution in [0.5, 0.6) is 17.2 Å². The standard InChI is InChI=1S/C32H29N3O8S/c1-4-41-26-14-11-22(17-27(26)42-5-2)29-25(31(37)40-3)18-33-32-34(29)30(36)28(44-32)16-21-7-6-8-24(15-21)43-19-20-9-12-23(13-10-20)35(38)39/h6-18,29H,4-5,19H2,1-3H3/b28-16+/t29-/m0/s1. The van der Waals surface area contributed by atoms with Crippen LogP contribution in [0.3, 0.4) is 0 Å². The van der Waals surface area contributed by atoms with Gasteiger partial charge < -0.3 is 18.9 Å². The molecule has 0 radical (unpaired) electrons. The second-order valence-corrected chi connectivity index (χ2v) is 10.5. The average Bonchev–Trinajstić information content (AvgIpc) is 3.35. The summed E-state index contributed by atoms with van der Waals surface area (Å²) in [6.07, 6.45) is 3.18. The number of nitrogens with zero attached hydrogens (tertiary/aromatic N) is 3. The number of hydrogen-bond donors (Lipinski definition) is 0. The minimum atomic E-state index is -0.799. The Hall–Kier alpha value is -5.23. The van der Waals surface area contributed by atoms with Crippen LogP contribution in [0.4, 0.5) is 5.69 Å². The summed E-state index contributed by atoms with van der Waals surface area (Å²) in [7, 11) is 1.28. The summed E-state index contributed by atoms with van der Waals surface area (Å²) in [6.45, 7) is 4.81. The fourth-order valence-corrected chi connectivity index (χ4v) is 5.68. The van der Waals surface area contributed by atoms with E-state index in [1.165, 1.54) is 41.3 Å². The molecule has 1 aliphatic rings. The van der Waals surface area contributed by atoms with Gasteiger partial charge in [0, 0.05) is 18.3 Å². The van der Waals surface area contributed by atoms with E-state index < -0.39 is 16.9 Å². The number of non-ortho nitro benzene ring substituents is 1. The second kappa shape index (κ2) is 13.4. The van der Waals surface area contributed by atoms with Crippen LogP contribution in [-0.2, 0) is 16.1 Å². The van der Waals surface area contributed by atoms with Crippen molar-refractivity contribution in [3.63, 3.8) is 0 Å². The van der Waals surface area contributed by atoms with Gasteiger partial charge in [-0.15, -0.1) is 0 Å². The molecule has 0 N–H and O–H groups in total. The Balaban J connectivity index is 1.49. The van der Waals surface area contributed by atoms with Crippen molar-refractivity contribution in [3.8, 4) is 17.2 Å². The number of aromatic nitrogens is 1. The third kappa shape index (κ3) is 6.40. The quantitative estimate of drug-likeness (QED) is 0.139. The van der Waals surface area contributed by atoms with Gasteiger partial charge in [-0.05, 0) is 73.0 Å². The highest BCUT2D eigenvalue weighted by molar-refractivity contribution is 7.07. The molecule has 226 valence electrons. The van der Waals surface area contributed by atoms with E-state index in [9.17, 15) is 19.7 Å². The molecule has 1 aliphatic heterocycles. The number of thiazole rings is 1. The molecule has 12 heteroatoms. The molecular weight excluding hydrogens is 586 g/mol. The highest BCUT2D eigenvalue weighted by Crippen LogP contribution is 2.35. The molecule has 0 saturated heterocycles. The normalized spacial score (nSPS) is 14.2. The predicted octanol–water partition coefficient (Wildman–Crippen LogP) is 4.30. The first-order valence-corrected chi connectivity index (χ1v) is 14.6. The van der Waals surface area contributed by atoms with E-state index in [1.54, 1.807) is 54.6 Å². The van der Waals surface area contributed by atoms with Gasteiger partial charge in [-0.2, -0.15) is 0 Å². The molecule has 0 spiro atoms. The Morgan fingerprint density at radius 3 is 2.48 bits per heavy atom. The fourth-order valence-electron chi connectivity index (χ4n) is 4.71. The molecule has 0 bridgehead atoms. The maximum Gasteiger partial charge on any atom is 0.337 e. The molecule has 3 aromatic carbocycles. The van der Waals surface area contributed by atoms with E-state index in [4.69, 9.17) is 18.9 Å². The summed E-state index contributed by atoms with van der Waals surface area (Å²) in [5.41, 5.74) is 2.03. The maximum absolute atomic E-state index is 13.9. The van der Waals surface area contributed by atoms with Crippen molar-refractivity contribution in [1.29, 1.82) is 0 Å². The lowest BCUT2D eigenvalue weighted by molar-refractivity contribution is -0.384. The van der Waals surface area contributed by atoms with Gasteiger partial charge in [0.15, 0.2) is 16.3 Å². The van der Waals surface area contributed by atoms with Crippen molar-refractivity contribution >= 4 is 29.1 Å². The lowest BCUT2D eigenvalue weighted by atomic mass is 9.97. The molecule has 1 aromatic heterocycles. The Bertz CT molecular complexity index is 1910. The Morgan fingerprint density at radius 1 is 1.02 bits per heavy atom. The first-order chi connectivity index (χ1) is 21.3. The van der Waals surface area contributed by atoms with Crippen LogP contribution in [0.1, 0.15) is 36.6 Å². The fraction of sp³-hybridized carbons (Fsp3) is 0.219. The molecule has 11 nitrogen and oxygen atoms in total. The Morgan fingerprint density at radius 2 is 1.77 bits per heavy atom. The van der Waals surface area contributed by atoms with Gasteiger partial charge in [-0.3, -0.25) is 19.5 Å². The van der Waals surface area contributed by atoms with Gasteiger partial charge in [-0.1, -0.05) is 29.5 Å². The largest absolute Gasteiger partial charge is 0.490 e. The second-order valence-electron chi connectivity index (χ2n) is 9.53. The van der Waals surface area contributed by atoms with Crippen molar-refractivity contribution in [2.75, 3.05) is 20.3 Å². The monoisotopic (exact) mass is 615 g/mol. The zero-order valence-corrected chi connectivity index (χ0v) is 25.0. The van der Waals surface area contributed by atoms with Crippen molar-refractivity contribution in [3.05, 3.63) is 125 Å². The van der Waals surface area contributed by atoms with Crippen molar-refractivity contribution < 1.29 is 28.7 Å². The number of carbonyl (C=O) groups excluding carboxylic acids is 1. The summed E-state index contributed by atoms with van der Waals surface area (Å²) in [5, 5.41) is 10.9. The van der Waals surface area contributed by atoms with Crippen LogP contribution in [0.2, 0.25) is 0 Å². The molecule has 0 amide bonds. The van der Waals surface area contributed by atoms with E-state index in [1.807, 2.05) is 19.9 Å². The summed E-state index contributed by atoms with van der Waals surface area (Å²) < 4.78 is 24.3. The number of benzene rings is 3. The first kappa shape index (κ1) is 30.2. The molecule has 5 rings (SSSR count). The number of carbonyl (C=O) groups is 1. The number of esters is 1. The lowest BCUT2D eigenvalue weighted by Gasteiger charge is -2.23. The van der Waals surface area contributed by atoms with E-state index in [2.05, 4.69) is 4.99 Å². The van der Waals surface area contributed by atoms with Crippen molar-refractivity contribution in [2.24, 2.45) is 4.99 Å². The number of nitro benzene ring substituents is 1. The van der Waals surface area contributed by atoms with Gasteiger partial charge in [0.25, 0.3) is 11.2 Å². The number of hydrogen-bond acceptors (Lipinski definition) is 10. The van der Waals surface area contributed by atoms with Crippen LogP contribution in [0, 0.1) is 10.1 Å². The van der Waals surface area contributed by atoms with E-state index in [0.717, 1.165) is 11.1 Å². The first-order valence-electron chi connectivity index (χ1n) is 13.8. The minimum Gasteiger partial charge on any atom is -0.490 e. The molecule has 0 saturated carbocycles. The molecule has 0 fully saturated rings. The highest BCUT2D eigenvalue weighted by Gasteiger charge is 2.31. The van der Waals surface area contributed by atoms with E-state index in [0.29, 0.717) is 45.4 Å². The summed E-state index contributed by atoms with van der Waals surface area (Å²) in [5.74, 6) is 1.02. The SMILES string of the molecule is CCOc1ccc([C@H]2C(C(=O)OC)=CN=c3s/c(=C/c4cccc(OCc5ccc([N+](=O)[O-])cc5)c4)c(=O)n32)cc1OCC. The van der Waals surface area contributed by atoms with Gasteiger partial charge in [0.05, 0.1) is 41.4 Å². The molecule has 4 aromatic rings. The van der Waals surface area contributed by atoms with Gasteiger partial charge in [0.2, 0.25) is 0 Å². The van der Waals surface area contributed by atoms with Crippen LogP contribution in [0.25, 0.3) is 6.08 Å². The van der Waals surface area contributed by atoms with Gasteiger partial charge >= 0.3 is 5.97 Å². The summed E-state index contributed by atoms with van der Waals surface area (Å²) in [6, 6.07) is 17.9. The van der Waals surface area contributed by atoms with E-state index in [-0.39, 0.29) is 23.4 Å². The Kier molecular flexibility index (Phi) is 9.20. The third-order valence-electron chi connectivity index (χ3n) is 6.72. The molecule has 0 unspecified atom stereocenters. The number of methoxy groups -OCH3 is 1. The summed E-state index contributed by atoms with van der Waals surface area (Å²) in [4.78, 5) is 42.0. The van der Waals surface area contributed by atoms with Crippen LogP contribution < -0.4 is 29.1 Å². The smallest absolute Gasteiger partial charge is 0.337 e. The molecule has 2 heterocycles. The lowest BCUT2D eigenvalue weighted by Crippen LogP contribution is -2.39. The van der Waals surface area contributed by atoms with Crippen molar-refractivity contribution in [2.45, 2.75) is 26.5 Å². The zero-order valence-electron chi connectivity index (χ0n) is 24.2. The highest BCUT2D eigenvalue weighted by atomic mass is 32.1. The maximum atomic E-state index is 13.9. The number of rotatable bonds is 11. The minimum absolute atomic E-state index is 0.00965. The van der Waals surface area contributed by atoms with Gasteiger partial charge in [0.1, 0.15) is 12.4 Å². The number of nitro groups is 1. The molecule has 1 atom stereocenters. The van der Waals surface area contributed by atoms with Crippen LogP contribution in [-0.4, -0.2) is 35.8 Å². The Labute approximate surface area is 256 Å². The number of ether oxygens (including phenoxy) is 4. The van der Waals surface area contributed by atoms with E-state index >= 15 is 0 Å². The predicted molar refractivity (Wildman–Crippen MR) is 164 cm³/mol. The van der Waals surface area contributed by atoms with Crippen molar-refractivity contribution in [1.82, 2.24) is 4.57 Å². The molecular formula is C32H29N3O8S.